The Morgan fingerprint density at radius 1 is 1.78 bits per heavy atom. The largest absolute Gasteiger partial charge is 0.392 e. The molecule has 4 heteroatoms. The van der Waals surface area contributed by atoms with Gasteiger partial charge < -0.3 is 15.1 Å². The Bertz CT molecular complexity index is 116. The first-order valence-corrected chi connectivity index (χ1v) is 2.89. The molecule has 0 aliphatic carbocycles. The van der Waals surface area contributed by atoms with Crippen molar-refractivity contribution < 1.29 is 10.2 Å². The van der Waals surface area contributed by atoms with Crippen LogP contribution in [-0.4, -0.2) is 47.4 Å². The minimum Gasteiger partial charge on any atom is -0.392 e. The van der Waals surface area contributed by atoms with E-state index in [-0.39, 0.29) is 6.61 Å². The highest BCUT2D eigenvalue weighted by Gasteiger charge is 2.12. The zero-order valence-corrected chi connectivity index (χ0v) is 5.06. The molecule has 4 nitrogen and oxygen atoms in total. The third kappa shape index (κ3) is 1.40. The van der Waals surface area contributed by atoms with E-state index in [9.17, 15) is 0 Å². The van der Waals surface area contributed by atoms with E-state index in [1.807, 2.05) is 0 Å². The summed E-state index contributed by atoms with van der Waals surface area (Å²) >= 11 is 0. The van der Waals surface area contributed by atoms with Crippen LogP contribution in [0.1, 0.15) is 0 Å². The van der Waals surface area contributed by atoms with E-state index in [0.717, 1.165) is 6.54 Å². The lowest BCUT2D eigenvalue weighted by Crippen LogP contribution is -2.35. The predicted octanol–water partition coefficient (Wildman–Crippen LogP) is -1.36. The van der Waals surface area contributed by atoms with Crippen LogP contribution in [0.25, 0.3) is 0 Å². The first-order valence-electron chi connectivity index (χ1n) is 2.89. The quantitative estimate of drug-likeness (QED) is 0.485. The molecule has 1 heterocycles. The van der Waals surface area contributed by atoms with Gasteiger partial charge in [-0.1, -0.05) is 0 Å². The molecule has 0 saturated heterocycles. The number of rotatable bonds is 2. The van der Waals surface area contributed by atoms with Gasteiger partial charge in [0, 0.05) is 6.54 Å². The van der Waals surface area contributed by atoms with Crippen molar-refractivity contribution in [3.05, 3.63) is 0 Å². The van der Waals surface area contributed by atoms with Crippen molar-refractivity contribution in [3.8, 4) is 0 Å². The fraction of sp³-hybridized carbons (Fsp3) is 0.800. The molecule has 1 unspecified atom stereocenters. The topological polar surface area (TPSA) is 56.1 Å². The van der Waals surface area contributed by atoms with Gasteiger partial charge in [-0.2, -0.15) is 0 Å². The average Bonchev–Trinajstić information content (AvgIpc) is 2.37. The molecule has 9 heavy (non-hydrogen) atoms. The van der Waals surface area contributed by atoms with Crippen molar-refractivity contribution in [1.82, 2.24) is 4.90 Å². The molecule has 1 aliphatic rings. The summed E-state index contributed by atoms with van der Waals surface area (Å²) in [6.45, 7) is 1.20. The molecular formula is C5H10N2O2. The van der Waals surface area contributed by atoms with Crippen LogP contribution < -0.4 is 0 Å². The molecular weight excluding hydrogens is 120 g/mol. The molecule has 0 bridgehead atoms. The Kier molecular flexibility index (Phi) is 2.02. The Balaban J connectivity index is 2.33. The van der Waals surface area contributed by atoms with Crippen LogP contribution in [-0.2, 0) is 0 Å². The van der Waals surface area contributed by atoms with Gasteiger partial charge in [-0.05, 0) is 0 Å². The first kappa shape index (κ1) is 6.51. The van der Waals surface area contributed by atoms with E-state index in [0.29, 0.717) is 6.54 Å². The SMILES string of the molecule is OCC(O)N1C=NCC1. The summed E-state index contributed by atoms with van der Waals surface area (Å²) in [5.74, 6) is 0. The summed E-state index contributed by atoms with van der Waals surface area (Å²) in [5, 5.41) is 17.4. The Morgan fingerprint density at radius 3 is 3.00 bits per heavy atom. The van der Waals surface area contributed by atoms with Gasteiger partial charge >= 0.3 is 0 Å². The smallest absolute Gasteiger partial charge is 0.150 e. The number of hydrogen-bond acceptors (Lipinski definition) is 4. The molecule has 1 rings (SSSR count). The van der Waals surface area contributed by atoms with Crippen LogP contribution in [0.3, 0.4) is 0 Å². The normalized spacial score (nSPS) is 20.9. The van der Waals surface area contributed by atoms with E-state index < -0.39 is 6.23 Å². The van der Waals surface area contributed by atoms with Gasteiger partial charge in [0.15, 0.2) is 6.23 Å². The van der Waals surface area contributed by atoms with Crippen LogP contribution in [0.15, 0.2) is 4.99 Å². The average molecular weight is 130 g/mol. The monoisotopic (exact) mass is 130 g/mol. The second-order valence-corrected chi connectivity index (χ2v) is 1.92. The molecule has 0 aromatic carbocycles. The second kappa shape index (κ2) is 2.80. The van der Waals surface area contributed by atoms with Crippen LogP contribution >= 0.6 is 0 Å². The second-order valence-electron chi connectivity index (χ2n) is 1.92. The molecule has 0 fully saturated rings. The molecule has 0 spiro atoms. The fourth-order valence-corrected chi connectivity index (χ4v) is 0.724. The molecule has 0 radical (unpaired) electrons. The zero-order valence-electron chi connectivity index (χ0n) is 5.06. The van der Waals surface area contributed by atoms with Crippen molar-refractivity contribution in [2.75, 3.05) is 19.7 Å². The van der Waals surface area contributed by atoms with Gasteiger partial charge in [0.2, 0.25) is 0 Å². The van der Waals surface area contributed by atoms with Crippen molar-refractivity contribution >= 4 is 6.34 Å². The number of aliphatic hydroxyl groups is 2. The number of hydrogen-bond donors (Lipinski definition) is 2. The van der Waals surface area contributed by atoms with Crippen LogP contribution in [0, 0.1) is 0 Å². The van der Waals surface area contributed by atoms with Crippen molar-refractivity contribution in [2.45, 2.75) is 6.23 Å². The van der Waals surface area contributed by atoms with Crippen molar-refractivity contribution in [1.29, 1.82) is 0 Å². The van der Waals surface area contributed by atoms with E-state index in [1.54, 1.807) is 11.2 Å². The molecule has 52 valence electrons. The number of aliphatic imine (C=N–C) groups is 1. The van der Waals surface area contributed by atoms with Crippen molar-refractivity contribution in [3.63, 3.8) is 0 Å². The summed E-state index contributed by atoms with van der Waals surface area (Å²) in [4.78, 5) is 5.46. The van der Waals surface area contributed by atoms with Crippen LogP contribution in [0.2, 0.25) is 0 Å². The van der Waals surface area contributed by atoms with Gasteiger partial charge in [-0.15, -0.1) is 0 Å². The van der Waals surface area contributed by atoms with Gasteiger partial charge in [-0.3, -0.25) is 4.99 Å². The maximum atomic E-state index is 8.94. The molecule has 2 N–H and O–H groups in total. The molecule has 0 saturated carbocycles. The molecule has 0 amide bonds. The fourth-order valence-electron chi connectivity index (χ4n) is 0.724. The number of aliphatic hydroxyl groups excluding tert-OH is 2. The standard InChI is InChI=1S/C5H10N2O2/c8-3-5(9)7-2-1-6-4-7/h4-5,8-9H,1-3H2. The maximum Gasteiger partial charge on any atom is 0.150 e. The molecule has 0 aromatic rings. The highest BCUT2D eigenvalue weighted by atomic mass is 16.3. The minimum atomic E-state index is -0.767. The molecule has 1 atom stereocenters. The highest BCUT2D eigenvalue weighted by molar-refractivity contribution is 5.57. The lowest BCUT2D eigenvalue weighted by molar-refractivity contribution is 0.0117. The van der Waals surface area contributed by atoms with Crippen LogP contribution in [0.4, 0.5) is 0 Å². The van der Waals surface area contributed by atoms with Gasteiger partial charge in [0.1, 0.15) is 0 Å². The minimum absolute atomic E-state index is 0.230. The van der Waals surface area contributed by atoms with Gasteiger partial charge in [0.25, 0.3) is 0 Å². The number of nitrogens with zero attached hydrogens (tertiary/aromatic N) is 2. The summed E-state index contributed by atoms with van der Waals surface area (Å²) < 4.78 is 0. The van der Waals surface area contributed by atoms with Crippen molar-refractivity contribution in [2.24, 2.45) is 4.99 Å². The zero-order chi connectivity index (χ0) is 6.69. The summed E-state index contributed by atoms with van der Waals surface area (Å²) in [7, 11) is 0. The lowest BCUT2D eigenvalue weighted by Gasteiger charge is -2.18. The molecule has 1 aliphatic heterocycles. The third-order valence-corrected chi connectivity index (χ3v) is 1.26. The Labute approximate surface area is 53.4 Å². The first-order chi connectivity index (χ1) is 4.34. The van der Waals surface area contributed by atoms with E-state index in [4.69, 9.17) is 10.2 Å². The lowest BCUT2D eigenvalue weighted by atomic mass is 10.5. The highest BCUT2D eigenvalue weighted by Crippen LogP contribution is 1.96. The molecule has 0 aromatic heterocycles. The Morgan fingerprint density at radius 2 is 2.56 bits per heavy atom. The van der Waals surface area contributed by atoms with E-state index >= 15 is 0 Å². The summed E-state index contributed by atoms with van der Waals surface area (Å²) in [6, 6.07) is 0. The maximum absolute atomic E-state index is 8.94. The van der Waals surface area contributed by atoms with E-state index in [2.05, 4.69) is 4.99 Å². The van der Waals surface area contributed by atoms with E-state index in [1.165, 1.54) is 0 Å². The van der Waals surface area contributed by atoms with Gasteiger partial charge in [-0.25, -0.2) is 0 Å². The van der Waals surface area contributed by atoms with Gasteiger partial charge in [0.05, 0.1) is 19.5 Å². The summed E-state index contributed by atoms with van der Waals surface area (Å²) in [5.41, 5.74) is 0. The Hall–Kier alpha value is -0.610. The predicted molar refractivity (Wildman–Crippen MR) is 33.2 cm³/mol. The van der Waals surface area contributed by atoms with Crippen LogP contribution in [0.5, 0.6) is 0 Å². The third-order valence-electron chi connectivity index (χ3n) is 1.26. The summed E-state index contributed by atoms with van der Waals surface area (Å²) in [6.07, 6.45) is 0.789.